The minimum absolute atomic E-state index is 0.0220. The zero-order chi connectivity index (χ0) is 11.4. The molecule has 0 N–H and O–H groups in total. The van der Waals surface area contributed by atoms with Gasteiger partial charge in [-0.25, -0.2) is 4.98 Å². The molecule has 0 radical (unpaired) electrons. The Bertz CT molecular complexity index is 499. The highest BCUT2D eigenvalue weighted by Gasteiger charge is 2.08. The summed E-state index contributed by atoms with van der Waals surface area (Å²) in [6.45, 7) is 0. The molecule has 0 fully saturated rings. The average Bonchev–Trinajstić information content (AvgIpc) is 2.30. The molecule has 2 aromatic heterocycles. The molecule has 0 aliphatic carbocycles. The number of Topliss-reactive ketones (excluding diaryl/α,β-unsaturated/α-hetero) is 1. The second-order valence-electron chi connectivity index (χ2n) is 3.27. The molecule has 2 aromatic rings. The Balaban J connectivity index is 2.14. The van der Waals surface area contributed by atoms with E-state index in [0.29, 0.717) is 5.69 Å². The van der Waals surface area contributed by atoms with Crippen molar-refractivity contribution in [3.05, 3.63) is 58.6 Å². The topological polar surface area (TPSA) is 42.9 Å². The molecule has 3 nitrogen and oxygen atoms in total. The summed E-state index contributed by atoms with van der Waals surface area (Å²) in [5.41, 5.74) is 1.22. The van der Waals surface area contributed by atoms with Crippen molar-refractivity contribution in [3.63, 3.8) is 0 Å². The molecule has 0 bridgehead atoms. The van der Waals surface area contributed by atoms with E-state index in [-0.39, 0.29) is 12.2 Å². The summed E-state index contributed by atoms with van der Waals surface area (Å²) in [7, 11) is 0. The van der Waals surface area contributed by atoms with Crippen LogP contribution in [0.1, 0.15) is 16.2 Å². The van der Waals surface area contributed by atoms with Gasteiger partial charge in [-0.15, -0.1) is 0 Å². The van der Waals surface area contributed by atoms with Crippen LogP contribution in [0.4, 0.5) is 0 Å². The summed E-state index contributed by atoms with van der Waals surface area (Å²) in [6.07, 6.45) is 1.89. The minimum Gasteiger partial charge on any atom is -0.292 e. The van der Waals surface area contributed by atoms with E-state index < -0.39 is 0 Å². The Hall–Kier alpha value is -1.55. The Labute approximate surface area is 102 Å². The first-order valence-electron chi connectivity index (χ1n) is 4.81. The summed E-state index contributed by atoms with van der Waals surface area (Å²) < 4.78 is 0.735. The summed E-state index contributed by atoms with van der Waals surface area (Å²) in [6, 6.07) is 10.8. The first kappa shape index (κ1) is 11.0. The third-order valence-corrected chi connectivity index (χ3v) is 2.51. The number of pyridine rings is 2. The fourth-order valence-electron chi connectivity index (χ4n) is 1.33. The monoisotopic (exact) mass is 276 g/mol. The molecule has 0 aliphatic rings. The maximum Gasteiger partial charge on any atom is 0.187 e. The summed E-state index contributed by atoms with van der Waals surface area (Å²) >= 11 is 3.27. The van der Waals surface area contributed by atoms with Crippen LogP contribution in [0.15, 0.2) is 47.2 Å². The van der Waals surface area contributed by atoms with Gasteiger partial charge < -0.3 is 0 Å². The fourth-order valence-corrected chi connectivity index (χ4v) is 1.71. The third-order valence-electron chi connectivity index (χ3n) is 2.07. The van der Waals surface area contributed by atoms with Crippen molar-refractivity contribution < 1.29 is 4.79 Å². The largest absolute Gasteiger partial charge is 0.292 e. The van der Waals surface area contributed by atoms with E-state index in [1.807, 2.05) is 18.2 Å². The van der Waals surface area contributed by atoms with Gasteiger partial charge in [-0.05, 0) is 40.2 Å². The van der Waals surface area contributed by atoms with Crippen LogP contribution in [0.3, 0.4) is 0 Å². The van der Waals surface area contributed by atoms with Crippen molar-refractivity contribution in [2.75, 3.05) is 0 Å². The molecule has 2 rings (SSSR count). The van der Waals surface area contributed by atoms with Gasteiger partial charge in [0.1, 0.15) is 10.3 Å². The molecule has 16 heavy (non-hydrogen) atoms. The number of hydrogen-bond acceptors (Lipinski definition) is 3. The number of rotatable bonds is 3. The number of ketones is 1. The normalized spacial score (nSPS) is 10.1. The van der Waals surface area contributed by atoms with Gasteiger partial charge >= 0.3 is 0 Å². The van der Waals surface area contributed by atoms with Crippen molar-refractivity contribution in [2.24, 2.45) is 0 Å². The highest BCUT2D eigenvalue weighted by molar-refractivity contribution is 9.10. The Morgan fingerprint density at radius 1 is 1.19 bits per heavy atom. The van der Waals surface area contributed by atoms with Crippen LogP contribution in [0, 0.1) is 0 Å². The Morgan fingerprint density at radius 2 is 2.06 bits per heavy atom. The molecule has 0 aliphatic heterocycles. The highest BCUT2D eigenvalue weighted by Crippen LogP contribution is 2.08. The number of aromatic nitrogens is 2. The second-order valence-corrected chi connectivity index (χ2v) is 4.08. The zero-order valence-corrected chi connectivity index (χ0v) is 10.0. The molecule has 0 spiro atoms. The molecular formula is C12H9BrN2O. The van der Waals surface area contributed by atoms with Crippen LogP contribution in [0.2, 0.25) is 0 Å². The summed E-state index contributed by atoms with van der Waals surface area (Å²) in [5.74, 6) is -0.0220. The van der Waals surface area contributed by atoms with Crippen molar-refractivity contribution in [1.82, 2.24) is 9.97 Å². The third kappa shape index (κ3) is 2.73. The quantitative estimate of drug-likeness (QED) is 0.640. The molecule has 4 heteroatoms. The highest BCUT2D eigenvalue weighted by atomic mass is 79.9. The molecular weight excluding hydrogens is 268 g/mol. The molecule has 0 saturated carbocycles. The van der Waals surface area contributed by atoms with Gasteiger partial charge in [0.25, 0.3) is 0 Å². The molecule has 0 amide bonds. The van der Waals surface area contributed by atoms with E-state index in [0.717, 1.165) is 10.3 Å². The van der Waals surface area contributed by atoms with Crippen LogP contribution in [-0.2, 0) is 6.42 Å². The van der Waals surface area contributed by atoms with E-state index in [1.54, 1.807) is 24.4 Å². The molecule has 0 atom stereocenters. The molecule has 0 saturated heterocycles. The van der Waals surface area contributed by atoms with Crippen molar-refractivity contribution in [2.45, 2.75) is 6.42 Å². The lowest BCUT2D eigenvalue weighted by Gasteiger charge is -2.00. The van der Waals surface area contributed by atoms with E-state index >= 15 is 0 Å². The SMILES string of the molecule is O=C(Cc1cccc(Br)n1)c1ccccn1. The van der Waals surface area contributed by atoms with Crippen molar-refractivity contribution in [3.8, 4) is 0 Å². The Morgan fingerprint density at radius 3 is 2.75 bits per heavy atom. The van der Waals surface area contributed by atoms with Crippen LogP contribution in [0.25, 0.3) is 0 Å². The van der Waals surface area contributed by atoms with Crippen LogP contribution in [0.5, 0.6) is 0 Å². The maximum atomic E-state index is 11.8. The Kier molecular flexibility index (Phi) is 3.41. The number of carbonyl (C=O) groups excluding carboxylic acids is 1. The van der Waals surface area contributed by atoms with Crippen molar-refractivity contribution >= 4 is 21.7 Å². The van der Waals surface area contributed by atoms with Gasteiger partial charge in [-0.1, -0.05) is 12.1 Å². The van der Waals surface area contributed by atoms with Gasteiger partial charge in [-0.3, -0.25) is 9.78 Å². The van der Waals surface area contributed by atoms with Gasteiger partial charge in [0, 0.05) is 11.9 Å². The average molecular weight is 277 g/mol. The lowest BCUT2D eigenvalue weighted by molar-refractivity contribution is 0.0987. The van der Waals surface area contributed by atoms with E-state index in [1.165, 1.54) is 0 Å². The number of hydrogen-bond donors (Lipinski definition) is 0. The lowest BCUT2D eigenvalue weighted by atomic mass is 10.1. The van der Waals surface area contributed by atoms with Crippen LogP contribution < -0.4 is 0 Å². The van der Waals surface area contributed by atoms with Gasteiger partial charge in [-0.2, -0.15) is 0 Å². The molecule has 0 unspecified atom stereocenters. The van der Waals surface area contributed by atoms with Crippen LogP contribution >= 0.6 is 15.9 Å². The first-order chi connectivity index (χ1) is 7.75. The van der Waals surface area contributed by atoms with E-state index in [4.69, 9.17) is 0 Å². The van der Waals surface area contributed by atoms with E-state index in [2.05, 4.69) is 25.9 Å². The first-order valence-corrected chi connectivity index (χ1v) is 5.60. The predicted octanol–water partition coefficient (Wildman–Crippen LogP) is 2.66. The molecule has 2 heterocycles. The molecule has 0 aromatic carbocycles. The molecule has 80 valence electrons. The second kappa shape index (κ2) is 4.99. The van der Waals surface area contributed by atoms with Crippen LogP contribution in [-0.4, -0.2) is 15.8 Å². The maximum absolute atomic E-state index is 11.8. The number of carbonyl (C=O) groups is 1. The standard InChI is InChI=1S/C12H9BrN2O/c13-12-6-3-4-9(15-12)8-11(16)10-5-1-2-7-14-10/h1-7H,8H2. The predicted molar refractivity (Wildman–Crippen MR) is 64.2 cm³/mol. The number of nitrogens with zero attached hydrogens (tertiary/aromatic N) is 2. The fraction of sp³-hybridized carbons (Fsp3) is 0.0833. The van der Waals surface area contributed by atoms with Crippen molar-refractivity contribution in [1.29, 1.82) is 0 Å². The van der Waals surface area contributed by atoms with Gasteiger partial charge in [0.15, 0.2) is 5.78 Å². The minimum atomic E-state index is -0.0220. The smallest absolute Gasteiger partial charge is 0.187 e. The summed E-state index contributed by atoms with van der Waals surface area (Å²) in [5, 5.41) is 0. The summed E-state index contributed by atoms with van der Waals surface area (Å²) in [4.78, 5) is 20.0. The zero-order valence-electron chi connectivity index (χ0n) is 8.43. The van der Waals surface area contributed by atoms with Gasteiger partial charge in [0.05, 0.1) is 6.42 Å². The van der Waals surface area contributed by atoms with Gasteiger partial charge in [0.2, 0.25) is 0 Å². The lowest BCUT2D eigenvalue weighted by Crippen LogP contribution is -2.06. The number of halogens is 1. The van der Waals surface area contributed by atoms with E-state index in [9.17, 15) is 4.79 Å².